The molecule has 2 aromatic rings. The molecule has 1 saturated carbocycles. The average molecular weight is 395 g/mol. The Morgan fingerprint density at radius 3 is 2.41 bits per heavy atom. The Balaban J connectivity index is 1.37. The minimum Gasteiger partial charge on any atom is -0.481 e. The number of hydrogen-bond donors (Lipinski definition) is 0. The molecule has 0 unspecified atom stereocenters. The van der Waals surface area contributed by atoms with Gasteiger partial charge in [0, 0.05) is 43.9 Å². The summed E-state index contributed by atoms with van der Waals surface area (Å²) in [5.41, 5.74) is 2.56. The van der Waals surface area contributed by atoms with Crippen LogP contribution in [0.4, 0.5) is 5.95 Å². The molecule has 2 fully saturated rings. The van der Waals surface area contributed by atoms with Gasteiger partial charge in [-0.05, 0) is 43.2 Å². The van der Waals surface area contributed by atoms with E-state index in [-0.39, 0.29) is 5.92 Å². The summed E-state index contributed by atoms with van der Waals surface area (Å²) in [6.07, 6.45) is 6.72. The van der Waals surface area contributed by atoms with Crippen LogP contribution in [0.15, 0.2) is 36.5 Å². The molecule has 0 radical (unpaired) electrons. The summed E-state index contributed by atoms with van der Waals surface area (Å²) >= 11 is 0. The van der Waals surface area contributed by atoms with Gasteiger partial charge in [0.2, 0.25) is 17.7 Å². The van der Waals surface area contributed by atoms with Crippen LogP contribution in [0.25, 0.3) is 0 Å². The fraction of sp³-hybridized carbons (Fsp3) is 0.522. The van der Waals surface area contributed by atoms with E-state index < -0.39 is 0 Å². The number of hydrogen-bond acceptors (Lipinski definition) is 5. The van der Waals surface area contributed by atoms with Crippen LogP contribution in [-0.2, 0) is 17.8 Å². The SMILES string of the molecule is CCc1ccc(CN(C(=O)C2CCN(c3nccc(OC)n3)CC2)C2CC2)cc1. The molecule has 6 nitrogen and oxygen atoms in total. The first-order valence-electron chi connectivity index (χ1n) is 10.7. The Hall–Kier alpha value is -2.63. The smallest absolute Gasteiger partial charge is 0.228 e. The first kappa shape index (κ1) is 19.7. The number of aryl methyl sites for hydroxylation is 1. The summed E-state index contributed by atoms with van der Waals surface area (Å²) < 4.78 is 5.20. The molecule has 0 N–H and O–H groups in total. The van der Waals surface area contributed by atoms with E-state index in [0.29, 0.717) is 23.8 Å². The van der Waals surface area contributed by atoms with E-state index in [9.17, 15) is 4.79 Å². The zero-order valence-corrected chi connectivity index (χ0v) is 17.4. The van der Waals surface area contributed by atoms with Crippen LogP contribution in [0.2, 0.25) is 0 Å². The second-order valence-corrected chi connectivity index (χ2v) is 8.03. The molecule has 6 heteroatoms. The van der Waals surface area contributed by atoms with E-state index in [1.54, 1.807) is 19.4 Å². The first-order valence-corrected chi connectivity index (χ1v) is 10.7. The summed E-state index contributed by atoms with van der Waals surface area (Å²) in [6, 6.07) is 10.9. The second kappa shape index (κ2) is 8.80. The van der Waals surface area contributed by atoms with Gasteiger partial charge in [0.05, 0.1) is 7.11 Å². The minimum absolute atomic E-state index is 0.0902. The Morgan fingerprint density at radius 2 is 1.79 bits per heavy atom. The van der Waals surface area contributed by atoms with E-state index in [1.807, 2.05) is 0 Å². The quantitative estimate of drug-likeness (QED) is 0.720. The predicted molar refractivity (Wildman–Crippen MR) is 113 cm³/mol. The van der Waals surface area contributed by atoms with Gasteiger partial charge in [-0.3, -0.25) is 4.79 Å². The second-order valence-electron chi connectivity index (χ2n) is 8.03. The standard InChI is InChI=1S/C23H30N4O2/c1-3-17-4-6-18(7-5-17)16-27(20-8-9-20)22(28)19-11-14-26(15-12-19)23-24-13-10-21(25-23)29-2/h4-7,10,13,19-20H,3,8-9,11-12,14-16H2,1-2H3. The number of benzene rings is 1. The van der Waals surface area contributed by atoms with Gasteiger partial charge >= 0.3 is 0 Å². The minimum atomic E-state index is 0.0902. The lowest BCUT2D eigenvalue weighted by molar-refractivity contribution is -0.137. The highest BCUT2D eigenvalue weighted by Gasteiger charge is 2.37. The number of methoxy groups -OCH3 is 1. The van der Waals surface area contributed by atoms with E-state index in [1.165, 1.54) is 11.1 Å². The highest BCUT2D eigenvalue weighted by molar-refractivity contribution is 5.80. The van der Waals surface area contributed by atoms with Gasteiger partial charge in [0.1, 0.15) is 0 Å². The van der Waals surface area contributed by atoms with Gasteiger partial charge in [-0.15, -0.1) is 0 Å². The Kier molecular flexibility index (Phi) is 5.97. The Bertz CT molecular complexity index is 827. The molecule has 1 aliphatic heterocycles. The lowest BCUT2D eigenvalue weighted by Gasteiger charge is -2.34. The number of carbonyl (C=O) groups excluding carboxylic acids is 1. The number of rotatable bonds is 7. The monoisotopic (exact) mass is 394 g/mol. The zero-order chi connectivity index (χ0) is 20.2. The van der Waals surface area contributed by atoms with Gasteiger partial charge < -0.3 is 14.5 Å². The molecule has 0 bridgehead atoms. The number of aromatic nitrogens is 2. The molecular weight excluding hydrogens is 364 g/mol. The third kappa shape index (κ3) is 4.69. The van der Waals surface area contributed by atoms with Crippen molar-refractivity contribution in [1.82, 2.24) is 14.9 Å². The van der Waals surface area contributed by atoms with Crippen molar-refractivity contribution >= 4 is 11.9 Å². The van der Waals surface area contributed by atoms with Crippen molar-refractivity contribution in [2.75, 3.05) is 25.1 Å². The molecule has 154 valence electrons. The van der Waals surface area contributed by atoms with Crippen LogP contribution in [-0.4, -0.2) is 47.0 Å². The molecular formula is C23H30N4O2. The predicted octanol–water partition coefficient (Wildman–Crippen LogP) is 3.46. The fourth-order valence-electron chi connectivity index (χ4n) is 4.01. The maximum atomic E-state index is 13.3. The van der Waals surface area contributed by atoms with Crippen molar-refractivity contribution in [2.24, 2.45) is 5.92 Å². The highest BCUT2D eigenvalue weighted by Crippen LogP contribution is 2.32. The number of ether oxygens (including phenoxy) is 1. The molecule has 4 rings (SSSR count). The van der Waals surface area contributed by atoms with Crippen molar-refractivity contribution in [2.45, 2.75) is 51.6 Å². The lowest BCUT2D eigenvalue weighted by atomic mass is 9.95. The fourth-order valence-corrected chi connectivity index (χ4v) is 4.01. The highest BCUT2D eigenvalue weighted by atomic mass is 16.5. The maximum Gasteiger partial charge on any atom is 0.228 e. The summed E-state index contributed by atoms with van der Waals surface area (Å²) in [5, 5.41) is 0. The van der Waals surface area contributed by atoms with Gasteiger partial charge in [-0.25, -0.2) is 4.98 Å². The first-order chi connectivity index (χ1) is 14.2. The summed E-state index contributed by atoms with van der Waals surface area (Å²) in [6.45, 7) is 4.49. The maximum absolute atomic E-state index is 13.3. The van der Waals surface area contributed by atoms with Crippen molar-refractivity contribution < 1.29 is 9.53 Å². The van der Waals surface area contributed by atoms with E-state index in [4.69, 9.17) is 4.74 Å². The topological polar surface area (TPSA) is 58.6 Å². The summed E-state index contributed by atoms with van der Waals surface area (Å²) in [7, 11) is 1.61. The number of anilines is 1. The summed E-state index contributed by atoms with van der Waals surface area (Å²) in [4.78, 5) is 26.4. The van der Waals surface area contributed by atoms with E-state index in [2.05, 4.69) is 51.0 Å². The molecule has 2 heterocycles. The molecule has 1 aliphatic carbocycles. The van der Waals surface area contributed by atoms with E-state index in [0.717, 1.165) is 51.7 Å². The molecule has 29 heavy (non-hydrogen) atoms. The molecule has 0 atom stereocenters. The number of nitrogens with zero attached hydrogens (tertiary/aromatic N) is 4. The van der Waals surface area contributed by atoms with Crippen LogP contribution in [0.1, 0.15) is 43.7 Å². The number of carbonyl (C=O) groups is 1. The lowest BCUT2D eigenvalue weighted by Crippen LogP contribution is -2.43. The van der Waals surface area contributed by atoms with Crippen LogP contribution in [0.5, 0.6) is 5.88 Å². The van der Waals surface area contributed by atoms with Crippen LogP contribution < -0.4 is 9.64 Å². The van der Waals surface area contributed by atoms with Crippen molar-refractivity contribution in [3.63, 3.8) is 0 Å². The molecule has 1 saturated heterocycles. The van der Waals surface area contributed by atoms with Gasteiger partial charge in [0.15, 0.2) is 0 Å². The molecule has 0 spiro atoms. The summed E-state index contributed by atoms with van der Waals surface area (Å²) in [5.74, 6) is 1.66. The normalized spacial score (nSPS) is 17.2. The molecule has 2 aliphatic rings. The van der Waals surface area contributed by atoms with E-state index >= 15 is 0 Å². The van der Waals surface area contributed by atoms with Crippen LogP contribution in [0, 0.1) is 5.92 Å². The molecule has 1 amide bonds. The van der Waals surface area contributed by atoms with Crippen molar-refractivity contribution in [1.29, 1.82) is 0 Å². The molecule has 1 aromatic heterocycles. The Labute approximate surface area is 172 Å². The van der Waals surface area contributed by atoms with Crippen LogP contribution in [0.3, 0.4) is 0 Å². The zero-order valence-electron chi connectivity index (χ0n) is 17.4. The third-order valence-electron chi connectivity index (χ3n) is 6.01. The molecule has 1 aromatic carbocycles. The Morgan fingerprint density at radius 1 is 1.10 bits per heavy atom. The van der Waals surface area contributed by atoms with Crippen molar-refractivity contribution in [3.8, 4) is 5.88 Å². The van der Waals surface area contributed by atoms with Crippen molar-refractivity contribution in [3.05, 3.63) is 47.7 Å². The number of amides is 1. The largest absolute Gasteiger partial charge is 0.481 e. The third-order valence-corrected chi connectivity index (χ3v) is 6.01. The number of piperidine rings is 1. The van der Waals surface area contributed by atoms with Gasteiger partial charge in [-0.2, -0.15) is 4.98 Å². The van der Waals surface area contributed by atoms with Gasteiger partial charge in [0.25, 0.3) is 0 Å². The van der Waals surface area contributed by atoms with Gasteiger partial charge in [-0.1, -0.05) is 31.2 Å². The average Bonchev–Trinajstić information content (AvgIpc) is 3.63. The van der Waals surface area contributed by atoms with Crippen LogP contribution >= 0.6 is 0 Å².